The molecule has 0 aliphatic rings. The van der Waals surface area contributed by atoms with E-state index in [1.807, 2.05) is 13.8 Å². The smallest absolute Gasteiger partial charge is 0.200 e. The van der Waals surface area contributed by atoms with Crippen LogP contribution in [-0.2, 0) is 12.8 Å². The minimum absolute atomic E-state index is 0.0600. The minimum Gasteiger partial charge on any atom is -0.507 e. The van der Waals surface area contributed by atoms with Gasteiger partial charge in [0, 0.05) is 0 Å². The number of phenols is 2. The topological polar surface area (TPSA) is 57.5 Å². The fraction of sp³-hybridized carbons (Fsp3) is 0.190. The van der Waals surface area contributed by atoms with E-state index in [4.69, 9.17) is 0 Å². The highest BCUT2D eigenvalue weighted by molar-refractivity contribution is 6.12. The number of para-hydroxylation sites is 2. The molecule has 0 saturated carbocycles. The summed E-state index contributed by atoms with van der Waals surface area (Å²) < 4.78 is 0. The summed E-state index contributed by atoms with van der Waals surface area (Å²) >= 11 is 0. The average Bonchev–Trinajstić information content (AvgIpc) is 2.50. The van der Waals surface area contributed by atoms with Crippen LogP contribution in [0.5, 0.6) is 11.5 Å². The molecule has 0 aliphatic carbocycles. The first-order chi connectivity index (χ1) is 11.3. The Morgan fingerprint density at radius 3 is 1.54 bits per heavy atom. The second-order valence-corrected chi connectivity index (χ2v) is 6.22. The SMILES string of the molecule is C=C(C)Cc1cccc(C(=O)c2cccc(CC(=C)C)c2O)c1O. The molecule has 3 nitrogen and oxygen atoms in total. The van der Waals surface area contributed by atoms with Crippen molar-refractivity contribution in [2.75, 3.05) is 0 Å². The monoisotopic (exact) mass is 322 g/mol. The van der Waals surface area contributed by atoms with Crippen LogP contribution in [0.25, 0.3) is 0 Å². The van der Waals surface area contributed by atoms with Gasteiger partial charge in [-0.05, 0) is 49.9 Å². The lowest BCUT2D eigenvalue weighted by Crippen LogP contribution is -2.05. The van der Waals surface area contributed by atoms with Gasteiger partial charge in [0.2, 0.25) is 0 Å². The summed E-state index contributed by atoms with van der Waals surface area (Å²) in [7, 11) is 0. The third-order valence-corrected chi connectivity index (χ3v) is 3.71. The number of benzene rings is 2. The lowest BCUT2D eigenvalue weighted by Gasteiger charge is -2.12. The zero-order chi connectivity index (χ0) is 17.9. The van der Waals surface area contributed by atoms with E-state index in [0.717, 1.165) is 11.1 Å². The summed E-state index contributed by atoms with van der Waals surface area (Å²) in [5, 5.41) is 20.8. The van der Waals surface area contributed by atoms with Gasteiger partial charge < -0.3 is 10.2 Å². The number of aromatic hydroxyl groups is 2. The first-order valence-electron chi connectivity index (χ1n) is 7.76. The van der Waals surface area contributed by atoms with Crippen LogP contribution in [-0.4, -0.2) is 16.0 Å². The maximum Gasteiger partial charge on any atom is 0.200 e. The average molecular weight is 322 g/mol. The van der Waals surface area contributed by atoms with Crippen LogP contribution in [0.3, 0.4) is 0 Å². The second-order valence-electron chi connectivity index (χ2n) is 6.22. The molecule has 0 amide bonds. The predicted octanol–water partition coefficient (Wildman–Crippen LogP) is 4.57. The fourth-order valence-electron chi connectivity index (χ4n) is 2.63. The maximum atomic E-state index is 12.8. The highest BCUT2D eigenvalue weighted by atomic mass is 16.3. The van der Waals surface area contributed by atoms with Crippen molar-refractivity contribution in [3.05, 3.63) is 83.0 Å². The van der Waals surface area contributed by atoms with Gasteiger partial charge in [0.15, 0.2) is 5.78 Å². The maximum absolute atomic E-state index is 12.8. The normalized spacial score (nSPS) is 10.4. The summed E-state index contributed by atoms with van der Waals surface area (Å²) in [6, 6.07) is 10.1. The van der Waals surface area contributed by atoms with E-state index < -0.39 is 5.78 Å². The Balaban J connectivity index is 2.46. The molecule has 0 unspecified atom stereocenters. The van der Waals surface area contributed by atoms with Crippen LogP contribution in [0.1, 0.15) is 40.9 Å². The van der Waals surface area contributed by atoms with E-state index >= 15 is 0 Å². The molecule has 0 aromatic heterocycles. The van der Waals surface area contributed by atoms with Gasteiger partial charge in [-0.15, -0.1) is 0 Å². The summed E-state index contributed by atoms with van der Waals surface area (Å²) in [4.78, 5) is 12.8. The Morgan fingerprint density at radius 2 is 1.21 bits per heavy atom. The predicted molar refractivity (Wildman–Crippen MR) is 96.7 cm³/mol. The van der Waals surface area contributed by atoms with Gasteiger partial charge in [-0.2, -0.15) is 0 Å². The lowest BCUT2D eigenvalue weighted by atomic mass is 9.94. The van der Waals surface area contributed by atoms with Crippen molar-refractivity contribution in [3.8, 4) is 11.5 Å². The molecule has 2 N–H and O–H groups in total. The fourth-order valence-corrected chi connectivity index (χ4v) is 2.63. The van der Waals surface area contributed by atoms with E-state index in [1.54, 1.807) is 36.4 Å². The minimum atomic E-state index is -0.405. The summed E-state index contributed by atoms with van der Waals surface area (Å²) in [5.74, 6) is -0.525. The molecule has 0 heterocycles. The van der Waals surface area contributed by atoms with Crippen molar-refractivity contribution in [3.63, 3.8) is 0 Å². The molecule has 0 radical (unpaired) electrons. The van der Waals surface area contributed by atoms with Gasteiger partial charge in [0.05, 0.1) is 11.1 Å². The Morgan fingerprint density at radius 1 is 0.833 bits per heavy atom. The van der Waals surface area contributed by atoms with Crippen LogP contribution < -0.4 is 0 Å². The first-order valence-corrected chi connectivity index (χ1v) is 7.76. The molecule has 0 saturated heterocycles. The first kappa shape index (κ1) is 17.5. The largest absolute Gasteiger partial charge is 0.507 e. The molecule has 2 rings (SSSR count). The molecule has 3 heteroatoms. The van der Waals surface area contributed by atoms with Crippen molar-refractivity contribution in [1.82, 2.24) is 0 Å². The number of carbonyl (C=O) groups is 1. The van der Waals surface area contributed by atoms with E-state index in [-0.39, 0.29) is 22.6 Å². The van der Waals surface area contributed by atoms with Crippen molar-refractivity contribution in [1.29, 1.82) is 0 Å². The Labute approximate surface area is 142 Å². The standard InChI is InChI=1S/C21H22O3/c1-13(2)11-15-7-5-9-17(19(15)22)21(24)18-10-6-8-16(20(18)23)12-14(3)4/h5-10,22-23H,1,3,11-12H2,2,4H3. The number of rotatable bonds is 6. The van der Waals surface area contributed by atoms with Crippen LogP contribution in [0, 0.1) is 0 Å². The highest BCUT2D eigenvalue weighted by Crippen LogP contribution is 2.31. The van der Waals surface area contributed by atoms with Crippen LogP contribution in [0.4, 0.5) is 0 Å². The number of carbonyl (C=O) groups excluding carboxylic acids is 1. The number of phenolic OH excluding ortho intramolecular Hbond substituents is 2. The molecular formula is C21H22O3. The third kappa shape index (κ3) is 3.74. The van der Waals surface area contributed by atoms with Crippen LogP contribution in [0.15, 0.2) is 60.7 Å². The Bertz CT molecular complexity index is 748. The highest BCUT2D eigenvalue weighted by Gasteiger charge is 2.20. The van der Waals surface area contributed by atoms with Crippen molar-refractivity contribution < 1.29 is 15.0 Å². The lowest BCUT2D eigenvalue weighted by molar-refractivity contribution is 0.103. The molecular weight excluding hydrogens is 300 g/mol. The second kappa shape index (κ2) is 7.18. The summed E-state index contributed by atoms with van der Waals surface area (Å²) in [5.41, 5.74) is 3.42. The summed E-state index contributed by atoms with van der Waals surface area (Å²) in [6.07, 6.45) is 0.989. The van der Waals surface area contributed by atoms with Gasteiger partial charge >= 0.3 is 0 Å². The van der Waals surface area contributed by atoms with Gasteiger partial charge in [0.25, 0.3) is 0 Å². The number of ketones is 1. The van der Waals surface area contributed by atoms with E-state index in [2.05, 4.69) is 13.2 Å². The van der Waals surface area contributed by atoms with Gasteiger partial charge in [0.1, 0.15) is 11.5 Å². The van der Waals surface area contributed by atoms with Gasteiger partial charge in [-0.3, -0.25) is 4.79 Å². The van der Waals surface area contributed by atoms with Gasteiger partial charge in [-0.1, -0.05) is 48.6 Å². The molecule has 24 heavy (non-hydrogen) atoms. The van der Waals surface area contributed by atoms with E-state index in [0.29, 0.717) is 24.0 Å². The zero-order valence-electron chi connectivity index (χ0n) is 14.1. The molecule has 2 aromatic rings. The van der Waals surface area contributed by atoms with Gasteiger partial charge in [-0.25, -0.2) is 0 Å². The van der Waals surface area contributed by atoms with Crippen molar-refractivity contribution in [2.24, 2.45) is 0 Å². The Kier molecular flexibility index (Phi) is 5.24. The van der Waals surface area contributed by atoms with Crippen LogP contribution >= 0.6 is 0 Å². The third-order valence-electron chi connectivity index (χ3n) is 3.71. The molecule has 0 spiro atoms. The molecule has 0 atom stereocenters. The number of hydrogen-bond donors (Lipinski definition) is 2. The molecule has 124 valence electrons. The van der Waals surface area contributed by atoms with E-state index in [9.17, 15) is 15.0 Å². The number of allylic oxidation sites excluding steroid dienone is 2. The quantitative estimate of drug-likeness (QED) is 0.605. The number of hydrogen-bond acceptors (Lipinski definition) is 3. The van der Waals surface area contributed by atoms with E-state index in [1.165, 1.54) is 0 Å². The molecule has 0 fully saturated rings. The molecule has 0 aliphatic heterocycles. The molecule has 2 aromatic carbocycles. The Hall–Kier alpha value is -2.81. The summed E-state index contributed by atoms with van der Waals surface area (Å²) in [6.45, 7) is 11.4. The zero-order valence-corrected chi connectivity index (χ0v) is 14.1. The van der Waals surface area contributed by atoms with Crippen molar-refractivity contribution >= 4 is 5.78 Å². The molecule has 0 bridgehead atoms. The van der Waals surface area contributed by atoms with Crippen molar-refractivity contribution in [2.45, 2.75) is 26.7 Å². The van der Waals surface area contributed by atoms with Crippen LogP contribution in [0.2, 0.25) is 0 Å².